The Hall–Kier alpha value is -1.18. The van der Waals surface area contributed by atoms with E-state index in [2.05, 4.69) is 15.0 Å². The summed E-state index contributed by atoms with van der Waals surface area (Å²) < 4.78 is 85.3. The maximum atomic E-state index is 11.9. The number of carbonyl (C=O) groups excluding carboxylic acids is 1. The summed E-state index contributed by atoms with van der Waals surface area (Å²) in [6.45, 7) is 4.08. The van der Waals surface area contributed by atoms with Crippen LogP contribution in [-0.4, -0.2) is 39.8 Å². The first-order valence-electron chi connectivity index (χ1n) is 4.10. The molecular weight excluding hydrogens is 319 g/mol. The molecule has 0 radical (unpaired) electrons. The van der Waals surface area contributed by atoms with Gasteiger partial charge in [-0.25, -0.2) is 4.79 Å². The first kappa shape index (κ1) is 17.8. The molecule has 0 aliphatic carbocycles. The zero-order chi connectivity index (χ0) is 15.6. The van der Waals surface area contributed by atoms with Crippen molar-refractivity contribution in [2.45, 2.75) is 12.4 Å². The summed E-state index contributed by atoms with van der Waals surface area (Å²) in [5, 5.41) is 0. The SMILES string of the molecule is C=C(C)C(=O)OS(=O)(=O)N(C)OS(=O)(=O)C(F)(F)F. The fourth-order valence-electron chi connectivity index (χ4n) is 0.437. The molecule has 112 valence electrons. The summed E-state index contributed by atoms with van der Waals surface area (Å²) in [5.41, 5.74) is -6.22. The van der Waals surface area contributed by atoms with Crippen LogP contribution in [-0.2, 0) is 33.7 Å². The molecule has 0 aromatic carbocycles. The molecule has 0 bridgehead atoms. The lowest BCUT2D eigenvalue weighted by Crippen LogP contribution is -2.37. The second-order valence-electron chi connectivity index (χ2n) is 2.99. The van der Waals surface area contributed by atoms with Crippen LogP contribution in [0.25, 0.3) is 0 Å². The predicted octanol–water partition coefficient (Wildman–Crippen LogP) is 0.0635. The third kappa shape index (κ3) is 4.77. The van der Waals surface area contributed by atoms with Crippen LogP contribution in [0.3, 0.4) is 0 Å². The van der Waals surface area contributed by atoms with Crippen molar-refractivity contribution in [3.63, 3.8) is 0 Å². The van der Waals surface area contributed by atoms with Crippen LogP contribution in [0.15, 0.2) is 12.2 Å². The van der Waals surface area contributed by atoms with Crippen molar-refractivity contribution in [3.8, 4) is 0 Å². The minimum absolute atomic E-state index is 0.296. The van der Waals surface area contributed by atoms with E-state index in [4.69, 9.17) is 0 Å². The van der Waals surface area contributed by atoms with Gasteiger partial charge in [0.15, 0.2) is 0 Å². The van der Waals surface area contributed by atoms with E-state index in [0.29, 0.717) is 7.05 Å². The highest BCUT2D eigenvalue weighted by Crippen LogP contribution is 2.26. The van der Waals surface area contributed by atoms with Gasteiger partial charge in [-0.1, -0.05) is 6.58 Å². The Bertz CT molecular complexity index is 576. The molecule has 0 fully saturated rings. The zero-order valence-corrected chi connectivity index (χ0v) is 11.1. The number of nitrogens with zero attached hydrogens (tertiary/aromatic N) is 1. The number of hydroxylamine groups is 1. The van der Waals surface area contributed by atoms with E-state index in [-0.39, 0.29) is 5.57 Å². The van der Waals surface area contributed by atoms with E-state index >= 15 is 0 Å². The Morgan fingerprint density at radius 1 is 1.21 bits per heavy atom. The molecule has 0 aromatic rings. The average molecular weight is 327 g/mol. The molecule has 0 unspecified atom stereocenters. The molecule has 0 aliphatic rings. The molecule has 0 rings (SSSR count). The van der Waals surface area contributed by atoms with Crippen molar-refractivity contribution < 1.29 is 43.3 Å². The molecule has 0 heterocycles. The van der Waals surface area contributed by atoms with E-state index in [0.717, 1.165) is 6.92 Å². The quantitative estimate of drug-likeness (QED) is 0.399. The summed E-state index contributed by atoms with van der Waals surface area (Å²) in [6, 6.07) is 0. The lowest BCUT2D eigenvalue weighted by atomic mass is 10.4. The summed E-state index contributed by atoms with van der Waals surface area (Å²) >= 11 is 0. The highest BCUT2D eigenvalue weighted by atomic mass is 32.2. The summed E-state index contributed by atoms with van der Waals surface area (Å²) in [4.78, 5) is 10.9. The highest BCUT2D eigenvalue weighted by molar-refractivity contribution is 7.89. The maximum absolute atomic E-state index is 11.9. The van der Waals surface area contributed by atoms with Gasteiger partial charge in [0.1, 0.15) is 0 Å². The second kappa shape index (κ2) is 5.44. The van der Waals surface area contributed by atoms with Gasteiger partial charge in [0.05, 0.1) is 0 Å². The van der Waals surface area contributed by atoms with Crippen LogP contribution >= 0.6 is 0 Å². The molecule has 0 aromatic heterocycles. The molecule has 13 heteroatoms. The average Bonchev–Trinajstić information content (AvgIpc) is 2.13. The van der Waals surface area contributed by atoms with Gasteiger partial charge in [-0.2, -0.15) is 34.3 Å². The van der Waals surface area contributed by atoms with Gasteiger partial charge in [-0.3, -0.25) is 0 Å². The van der Waals surface area contributed by atoms with Gasteiger partial charge in [-0.05, 0) is 11.4 Å². The monoisotopic (exact) mass is 327 g/mol. The van der Waals surface area contributed by atoms with Gasteiger partial charge < -0.3 is 4.18 Å². The molecule has 0 atom stereocenters. The maximum Gasteiger partial charge on any atom is 0.524 e. The molecule has 0 saturated heterocycles. The number of hydrogen-bond donors (Lipinski definition) is 0. The predicted molar refractivity (Wildman–Crippen MR) is 53.6 cm³/mol. The first-order chi connectivity index (χ1) is 8.21. The minimum Gasteiger partial charge on any atom is -0.328 e. The van der Waals surface area contributed by atoms with Crippen molar-refractivity contribution in [1.82, 2.24) is 4.47 Å². The van der Waals surface area contributed by atoms with Crippen molar-refractivity contribution in [1.29, 1.82) is 0 Å². The van der Waals surface area contributed by atoms with E-state index in [1.807, 2.05) is 0 Å². The van der Waals surface area contributed by atoms with E-state index in [1.54, 1.807) is 0 Å². The second-order valence-corrected chi connectivity index (χ2v) is 6.05. The van der Waals surface area contributed by atoms with E-state index in [1.165, 1.54) is 0 Å². The van der Waals surface area contributed by atoms with Crippen LogP contribution in [0.5, 0.6) is 0 Å². The van der Waals surface area contributed by atoms with Gasteiger partial charge in [0.2, 0.25) is 0 Å². The van der Waals surface area contributed by atoms with Crippen LogP contribution in [0.2, 0.25) is 0 Å². The first-order valence-corrected chi connectivity index (χ1v) is 6.87. The highest BCUT2D eigenvalue weighted by Gasteiger charge is 2.50. The van der Waals surface area contributed by atoms with Crippen LogP contribution in [0.1, 0.15) is 6.92 Å². The van der Waals surface area contributed by atoms with Crippen molar-refractivity contribution >= 4 is 26.4 Å². The molecule has 0 aliphatic heterocycles. The zero-order valence-electron chi connectivity index (χ0n) is 9.46. The van der Waals surface area contributed by atoms with Crippen LogP contribution < -0.4 is 0 Å². The fourth-order valence-corrected chi connectivity index (χ4v) is 1.77. The smallest absolute Gasteiger partial charge is 0.328 e. The van der Waals surface area contributed by atoms with Gasteiger partial charge in [0.25, 0.3) is 0 Å². The Kier molecular flexibility index (Phi) is 5.10. The minimum atomic E-state index is -6.20. The molecule has 0 N–H and O–H groups in total. The number of halogens is 3. The number of alkyl halides is 3. The summed E-state index contributed by atoms with van der Waals surface area (Å²) in [7, 11) is -11.1. The summed E-state index contributed by atoms with van der Waals surface area (Å²) in [5.74, 6) is -1.49. The van der Waals surface area contributed by atoms with Gasteiger partial charge in [0, 0.05) is 12.6 Å². The van der Waals surface area contributed by atoms with Gasteiger partial charge in [-0.15, -0.1) is 0 Å². The lowest BCUT2D eigenvalue weighted by molar-refractivity contribution is -0.130. The van der Waals surface area contributed by atoms with E-state index in [9.17, 15) is 34.8 Å². The van der Waals surface area contributed by atoms with Gasteiger partial charge >= 0.3 is 31.9 Å². The molecule has 8 nitrogen and oxygen atoms in total. The topological polar surface area (TPSA) is 107 Å². The summed E-state index contributed by atoms with van der Waals surface area (Å²) in [6.07, 6.45) is 0. The third-order valence-electron chi connectivity index (χ3n) is 1.33. The third-order valence-corrected chi connectivity index (χ3v) is 3.48. The Morgan fingerprint density at radius 3 is 1.95 bits per heavy atom. The molecule has 0 amide bonds. The normalized spacial score (nSPS) is 13.4. The molecular formula is C6H8F3NO7S2. The Morgan fingerprint density at radius 2 is 1.63 bits per heavy atom. The molecule has 19 heavy (non-hydrogen) atoms. The van der Waals surface area contributed by atoms with Crippen LogP contribution in [0.4, 0.5) is 13.2 Å². The number of carbonyl (C=O) groups is 1. The molecule has 0 spiro atoms. The Balaban J connectivity index is 5.10. The van der Waals surface area contributed by atoms with Crippen molar-refractivity contribution in [2.75, 3.05) is 7.05 Å². The van der Waals surface area contributed by atoms with Crippen LogP contribution in [0, 0.1) is 0 Å². The Labute approximate surface area is 106 Å². The fraction of sp³-hybridized carbons (Fsp3) is 0.500. The largest absolute Gasteiger partial charge is 0.524 e. The van der Waals surface area contributed by atoms with E-state index < -0.39 is 36.4 Å². The lowest BCUT2D eigenvalue weighted by Gasteiger charge is -2.16. The van der Waals surface area contributed by atoms with Crippen molar-refractivity contribution in [3.05, 3.63) is 12.2 Å². The molecule has 0 saturated carbocycles. The van der Waals surface area contributed by atoms with Crippen molar-refractivity contribution in [2.24, 2.45) is 0 Å². The number of hydrogen-bond acceptors (Lipinski definition) is 7. The number of rotatable bonds is 5. The standard InChI is InChI=1S/C6H8F3NO7S2/c1-4(2)5(11)16-19(14,15)10(3)17-18(12,13)6(7,8)9/h1H2,2-3H3.